The molecule has 0 aliphatic carbocycles. The summed E-state index contributed by atoms with van der Waals surface area (Å²) in [5.41, 5.74) is 6.22. The van der Waals surface area contributed by atoms with Gasteiger partial charge < -0.3 is 15.6 Å². The average molecular weight is 402 g/mol. The fourth-order valence-corrected chi connectivity index (χ4v) is 4.05. The minimum absolute atomic E-state index is 0.157. The second kappa shape index (κ2) is 8.36. The number of anilines is 1. The molecule has 0 bridgehead atoms. The summed E-state index contributed by atoms with van der Waals surface area (Å²) >= 11 is 2.96. The maximum absolute atomic E-state index is 12.5. The topological polar surface area (TPSA) is 103 Å². The molecule has 3 rings (SSSR count). The van der Waals surface area contributed by atoms with Crippen LogP contribution in [0.3, 0.4) is 0 Å². The van der Waals surface area contributed by atoms with Crippen molar-refractivity contribution in [1.29, 1.82) is 0 Å². The Balaban J connectivity index is 1.68. The fourth-order valence-electron chi connectivity index (χ4n) is 2.42. The Labute approximate surface area is 165 Å². The molecule has 0 unspecified atom stereocenters. The van der Waals surface area contributed by atoms with E-state index < -0.39 is 5.91 Å². The zero-order chi connectivity index (χ0) is 19.4. The van der Waals surface area contributed by atoms with Gasteiger partial charge in [-0.2, -0.15) is 0 Å². The van der Waals surface area contributed by atoms with Gasteiger partial charge in [-0.1, -0.05) is 17.8 Å². The molecule has 3 aromatic rings. The summed E-state index contributed by atoms with van der Waals surface area (Å²) in [6, 6.07) is 10.4. The van der Waals surface area contributed by atoms with Crippen LogP contribution in [-0.2, 0) is 11.3 Å². The molecule has 0 saturated heterocycles. The maximum atomic E-state index is 12.5. The fraction of sp³-hybridized carbons (Fsp3) is 0.222. The lowest BCUT2D eigenvalue weighted by Gasteiger charge is -2.12. The summed E-state index contributed by atoms with van der Waals surface area (Å²) in [6.45, 7) is 4.55. The smallest absolute Gasteiger partial charge is 0.248 e. The standard InChI is InChI=1S/C18H19N5O2S2/c1-3-23-16(14-5-4-10-26-14)21-22-18(23)27-11(2)17(25)20-13-8-6-12(7-9-13)15(19)24/h4-11H,3H2,1-2H3,(H2,19,24)(H,20,25)/t11-/m0/s1. The number of carbonyl (C=O) groups excluding carboxylic acids is 2. The van der Waals surface area contributed by atoms with E-state index in [0.29, 0.717) is 23.0 Å². The number of amides is 2. The average Bonchev–Trinajstić information content (AvgIpc) is 3.31. The molecule has 3 N–H and O–H groups in total. The summed E-state index contributed by atoms with van der Waals surface area (Å²) in [6.07, 6.45) is 0. The minimum atomic E-state index is -0.503. The van der Waals surface area contributed by atoms with E-state index >= 15 is 0 Å². The number of thiophene rings is 1. The normalized spacial score (nSPS) is 11.9. The molecule has 2 heterocycles. The molecular formula is C18H19N5O2S2. The summed E-state index contributed by atoms with van der Waals surface area (Å²) < 4.78 is 2.00. The van der Waals surface area contributed by atoms with Gasteiger partial charge in [-0.15, -0.1) is 21.5 Å². The van der Waals surface area contributed by atoms with Crippen molar-refractivity contribution in [3.05, 3.63) is 47.3 Å². The van der Waals surface area contributed by atoms with Crippen LogP contribution >= 0.6 is 23.1 Å². The highest BCUT2D eigenvalue weighted by molar-refractivity contribution is 8.00. The SMILES string of the molecule is CCn1c(S[C@@H](C)C(=O)Nc2ccc(C(N)=O)cc2)nnc1-c1cccs1. The van der Waals surface area contributed by atoms with Crippen LogP contribution in [-0.4, -0.2) is 31.8 Å². The number of carbonyl (C=O) groups is 2. The Hall–Kier alpha value is -2.65. The zero-order valence-electron chi connectivity index (χ0n) is 14.9. The van der Waals surface area contributed by atoms with Gasteiger partial charge in [0.05, 0.1) is 10.1 Å². The molecule has 27 heavy (non-hydrogen) atoms. The van der Waals surface area contributed by atoms with Gasteiger partial charge in [0.1, 0.15) is 0 Å². The number of hydrogen-bond donors (Lipinski definition) is 2. The number of aromatic nitrogens is 3. The number of nitrogens with zero attached hydrogens (tertiary/aromatic N) is 3. The van der Waals surface area contributed by atoms with Crippen LogP contribution < -0.4 is 11.1 Å². The van der Waals surface area contributed by atoms with Crippen molar-refractivity contribution in [2.24, 2.45) is 5.73 Å². The van der Waals surface area contributed by atoms with Crippen molar-refractivity contribution in [3.63, 3.8) is 0 Å². The van der Waals surface area contributed by atoms with Crippen LogP contribution in [0.4, 0.5) is 5.69 Å². The molecule has 0 radical (unpaired) electrons. The summed E-state index contributed by atoms with van der Waals surface area (Å²) in [5.74, 6) is 0.150. The molecule has 2 aromatic heterocycles. The first-order chi connectivity index (χ1) is 13.0. The van der Waals surface area contributed by atoms with Gasteiger partial charge in [0.25, 0.3) is 0 Å². The molecule has 2 amide bonds. The Morgan fingerprint density at radius 2 is 2.00 bits per heavy atom. The number of primary amides is 1. The molecule has 9 heteroatoms. The maximum Gasteiger partial charge on any atom is 0.248 e. The number of benzene rings is 1. The van der Waals surface area contributed by atoms with E-state index in [1.807, 2.05) is 35.9 Å². The summed E-state index contributed by atoms with van der Waals surface area (Å²) in [7, 11) is 0. The first-order valence-electron chi connectivity index (χ1n) is 8.34. The Morgan fingerprint density at radius 1 is 1.26 bits per heavy atom. The number of nitrogens with two attached hydrogens (primary N) is 1. The lowest BCUT2D eigenvalue weighted by atomic mass is 10.2. The molecule has 0 fully saturated rings. The van der Waals surface area contributed by atoms with Crippen molar-refractivity contribution in [2.75, 3.05) is 5.32 Å². The first kappa shape index (κ1) is 19.1. The quantitative estimate of drug-likeness (QED) is 0.592. The molecule has 0 spiro atoms. The molecule has 0 aliphatic rings. The lowest BCUT2D eigenvalue weighted by molar-refractivity contribution is -0.115. The molecule has 140 valence electrons. The Morgan fingerprint density at radius 3 is 2.59 bits per heavy atom. The van der Waals surface area contributed by atoms with Crippen LogP contribution in [0.25, 0.3) is 10.7 Å². The number of nitrogens with one attached hydrogen (secondary N) is 1. The van der Waals surface area contributed by atoms with E-state index in [2.05, 4.69) is 15.5 Å². The van der Waals surface area contributed by atoms with Gasteiger partial charge in [0.2, 0.25) is 11.8 Å². The van der Waals surface area contributed by atoms with Crippen molar-refractivity contribution in [1.82, 2.24) is 14.8 Å². The van der Waals surface area contributed by atoms with Crippen LogP contribution in [0.1, 0.15) is 24.2 Å². The number of rotatable bonds is 7. The molecule has 0 saturated carbocycles. The summed E-state index contributed by atoms with van der Waals surface area (Å²) in [4.78, 5) is 24.6. The number of thioether (sulfide) groups is 1. The first-order valence-corrected chi connectivity index (χ1v) is 10.1. The third kappa shape index (κ3) is 4.37. The van der Waals surface area contributed by atoms with Crippen LogP contribution in [0.15, 0.2) is 46.9 Å². The van der Waals surface area contributed by atoms with E-state index in [9.17, 15) is 9.59 Å². The predicted octanol–water partition coefficient (Wildman–Crippen LogP) is 3.24. The molecule has 1 aromatic carbocycles. The van der Waals surface area contributed by atoms with E-state index in [1.165, 1.54) is 11.8 Å². The van der Waals surface area contributed by atoms with E-state index in [4.69, 9.17) is 5.73 Å². The Kier molecular flexibility index (Phi) is 5.92. The number of hydrogen-bond acceptors (Lipinski definition) is 6. The Bertz CT molecular complexity index is 935. The molecule has 0 aliphatic heterocycles. The van der Waals surface area contributed by atoms with Crippen LogP contribution in [0.5, 0.6) is 0 Å². The third-order valence-corrected chi connectivity index (χ3v) is 5.81. The third-order valence-electron chi connectivity index (χ3n) is 3.86. The van der Waals surface area contributed by atoms with Crippen molar-refractivity contribution < 1.29 is 9.59 Å². The minimum Gasteiger partial charge on any atom is -0.366 e. The highest BCUT2D eigenvalue weighted by atomic mass is 32.2. The monoisotopic (exact) mass is 401 g/mol. The van der Waals surface area contributed by atoms with E-state index in [1.54, 1.807) is 35.6 Å². The predicted molar refractivity (Wildman–Crippen MR) is 108 cm³/mol. The zero-order valence-corrected chi connectivity index (χ0v) is 16.5. The van der Waals surface area contributed by atoms with Gasteiger partial charge in [0, 0.05) is 17.8 Å². The van der Waals surface area contributed by atoms with Crippen molar-refractivity contribution in [2.45, 2.75) is 30.8 Å². The van der Waals surface area contributed by atoms with Crippen LogP contribution in [0.2, 0.25) is 0 Å². The highest BCUT2D eigenvalue weighted by Gasteiger charge is 2.20. The lowest BCUT2D eigenvalue weighted by Crippen LogP contribution is -2.23. The van der Waals surface area contributed by atoms with Gasteiger partial charge in [-0.3, -0.25) is 9.59 Å². The van der Waals surface area contributed by atoms with Gasteiger partial charge >= 0.3 is 0 Å². The summed E-state index contributed by atoms with van der Waals surface area (Å²) in [5, 5.41) is 13.7. The van der Waals surface area contributed by atoms with Crippen LogP contribution in [0, 0.1) is 0 Å². The van der Waals surface area contributed by atoms with Gasteiger partial charge in [0.15, 0.2) is 11.0 Å². The van der Waals surface area contributed by atoms with Gasteiger partial charge in [-0.25, -0.2) is 0 Å². The van der Waals surface area contributed by atoms with Gasteiger partial charge in [-0.05, 0) is 49.6 Å². The highest BCUT2D eigenvalue weighted by Crippen LogP contribution is 2.29. The molecular weight excluding hydrogens is 382 g/mol. The van der Waals surface area contributed by atoms with Crippen molar-refractivity contribution >= 4 is 40.6 Å². The van der Waals surface area contributed by atoms with Crippen molar-refractivity contribution in [3.8, 4) is 10.7 Å². The second-order valence-corrected chi connectivity index (χ2v) is 7.97. The molecule has 7 nitrogen and oxygen atoms in total. The van der Waals surface area contributed by atoms with E-state index in [0.717, 1.165) is 10.7 Å². The molecule has 1 atom stereocenters. The second-order valence-electron chi connectivity index (χ2n) is 5.72. The van der Waals surface area contributed by atoms with E-state index in [-0.39, 0.29) is 11.2 Å². The largest absolute Gasteiger partial charge is 0.366 e.